The molecular weight excluding hydrogens is 236 g/mol. The van der Waals surface area contributed by atoms with Crippen molar-refractivity contribution in [1.82, 2.24) is 0 Å². The van der Waals surface area contributed by atoms with Crippen LogP contribution in [0.15, 0.2) is 9.47 Å². The summed E-state index contributed by atoms with van der Waals surface area (Å²) in [4.78, 5) is 1.76. The van der Waals surface area contributed by atoms with Gasteiger partial charge in [0.15, 0.2) is 0 Å². The molecule has 1 N–H and O–H groups in total. The maximum atomic E-state index is 8.54. The van der Waals surface area contributed by atoms with E-state index < -0.39 is 0 Å². The molecule has 0 aromatic carbocycles. The molecule has 0 aromatic heterocycles. The molecule has 1 unspecified atom stereocenters. The van der Waals surface area contributed by atoms with E-state index in [-0.39, 0.29) is 12.5 Å². The second-order valence-corrected chi connectivity index (χ2v) is 2.95. The van der Waals surface area contributed by atoms with E-state index in [2.05, 4.69) is 31.9 Å². The van der Waals surface area contributed by atoms with E-state index in [1.807, 2.05) is 6.92 Å². The van der Waals surface area contributed by atoms with Gasteiger partial charge in [0, 0.05) is 10.4 Å². The summed E-state index contributed by atoms with van der Waals surface area (Å²) in [6.45, 7) is 2.12. The van der Waals surface area contributed by atoms with Crippen LogP contribution in [0, 0.1) is 5.92 Å². The van der Waals surface area contributed by atoms with Crippen molar-refractivity contribution < 1.29 is 5.11 Å². The van der Waals surface area contributed by atoms with Crippen molar-refractivity contribution in [3.05, 3.63) is 9.47 Å². The van der Waals surface area contributed by atoms with Gasteiger partial charge in [0.05, 0.1) is 6.61 Å². The molecular formula is C5H8Br2O. The molecule has 0 radical (unpaired) electrons. The Hall–Kier alpha value is 0.660. The van der Waals surface area contributed by atoms with Gasteiger partial charge in [-0.1, -0.05) is 38.8 Å². The van der Waals surface area contributed by atoms with Gasteiger partial charge >= 0.3 is 0 Å². The van der Waals surface area contributed by atoms with Crippen molar-refractivity contribution in [2.45, 2.75) is 6.92 Å². The fourth-order valence-electron chi connectivity index (χ4n) is 0.195. The highest BCUT2D eigenvalue weighted by Gasteiger charge is 2.00. The maximum Gasteiger partial charge on any atom is 0.0502 e. The van der Waals surface area contributed by atoms with Gasteiger partial charge in [-0.25, -0.2) is 0 Å². The molecule has 0 spiro atoms. The SMILES string of the molecule is CC(CO)/C(Br)=C\Br. The molecule has 0 saturated heterocycles. The summed E-state index contributed by atoms with van der Waals surface area (Å²) in [6, 6.07) is 0. The van der Waals surface area contributed by atoms with Gasteiger partial charge in [0.25, 0.3) is 0 Å². The molecule has 0 aromatic rings. The number of halogens is 2. The number of rotatable bonds is 2. The van der Waals surface area contributed by atoms with Crippen molar-refractivity contribution in [3.63, 3.8) is 0 Å². The minimum Gasteiger partial charge on any atom is -0.396 e. The second kappa shape index (κ2) is 4.53. The minimum atomic E-state index is 0.183. The van der Waals surface area contributed by atoms with Gasteiger partial charge in [-0.2, -0.15) is 0 Å². The zero-order valence-electron chi connectivity index (χ0n) is 4.56. The molecule has 0 saturated carbocycles. The van der Waals surface area contributed by atoms with Crippen LogP contribution in [0.4, 0.5) is 0 Å². The van der Waals surface area contributed by atoms with Crippen molar-refractivity contribution in [2.24, 2.45) is 5.92 Å². The van der Waals surface area contributed by atoms with Crippen molar-refractivity contribution in [3.8, 4) is 0 Å². The van der Waals surface area contributed by atoms with Crippen LogP contribution in [-0.4, -0.2) is 11.7 Å². The van der Waals surface area contributed by atoms with Crippen molar-refractivity contribution in [1.29, 1.82) is 0 Å². The molecule has 8 heavy (non-hydrogen) atoms. The Morgan fingerprint density at radius 1 is 1.88 bits per heavy atom. The summed E-state index contributed by atoms with van der Waals surface area (Å²) in [5.74, 6) is 0.203. The monoisotopic (exact) mass is 242 g/mol. The van der Waals surface area contributed by atoms with Crippen LogP contribution in [0.1, 0.15) is 6.92 Å². The smallest absolute Gasteiger partial charge is 0.0502 e. The predicted octanol–water partition coefficient (Wildman–Crippen LogP) is 2.25. The van der Waals surface area contributed by atoms with E-state index >= 15 is 0 Å². The highest BCUT2D eigenvalue weighted by molar-refractivity contribution is 9.14. The molecule has 48 valence electrons. The zero-order chi connectivity index (χ0) is 6.57. The quantitative estimate of drug-likeness (QED) is 0.789. The lowest BCUT2D eigenvalue weighted by Gasteiger charge is -2.02. The molecule has 0 aliphatic rings. The molecule has 0 amide bonds. The Labute approximate surface area is 66.0 Å². The standard InChI is InChI=1S/C5H8Br2O/c1-4(3-8)5(7)2-6/h2,4,8H,3H2,1H3/b5-2+. The van der Waals surface area contributed by atoms with Crippen LogP contribution in [0.2, 0.25) is 0 Å². The van der Waals surface area contributed by atoms with Crippen molar-refractivity contribution in [2.75, 3.05) is 6.61 Å². The summed E-state index contributed by atoms with van der Waals surface area (Å²) in [7, 11) is 0. The van der Waals surface area contributed by atoms with Gasteiger partial charge < -0.3 is 5.11 Å². The van der Waals surface area contributed by atoms with Gasteiger partial charge in [-0.3, -0.25) is 0 Å². The first kappa shape index (κ1) is 8.66. The van der Waals surface area contributed by atoms with Gasteiger partial charge in [0.2, 0.25) is 0 Å². The van der Waals surface area contributed by atoms with E-state index in [1.165, 1.54) is 0 Å². The molecule has 0 aliphatic heterocycles. The maximum absolute atomic E-state index is 8.54. The molecule has 3 heteroatoms. The Balaban J connectivity index is 3.63. The first-order valence-corrected chi connectivity index (χ1v) is 4.00. The van der Waals surface area contributed by atoms with Crippen LogP contribution in [0.5, 0.6) is 0 Å². The van der Waals surface area contributed by atoms with Crippen LogP contribution in [-0.2, 0) is 0 Å². The first-order chi connectivity index (χ1) is 3.72. The molecule has 1 nitrogen and oxygen atoms in total. The summed E-state index contributed by atoms with van der Waals surface area (Å²) >= 11 is 6.39. The molecule has 0 aliphatic carbocycles. The minimum absolute atomic E-state index is 0.183. The van der Waals surface area contributed by atoms with E-state index in [4.69, 9.17) is 5.11 Å². The van der Waals surface area contributed by atoms with E-state index in [0.29, 0.717) is 0 Å². The topological polar surface area (TPSA) is 20.2 Å². The summed E-state index contributed by atoms with van der Waals surface area (Å²) in [6.07, 6.45) is 0. The van der Waals surface area contributed by atoms with Crippen LogP contribution in [0.3, 0.4) is 0 Å². The van der Waals surface area contributed by atoms with Gasteiger partial charge in [0.1, 0.15) is 0 Å². The summed E-state index contributed by atoms with van der Waals surface area (Å²) in [5, 5.41) is 8.54. The molecule has 0 fully saturated rings. The Bertz CT molecular complexity index is 90.4. The Morgan fingerprint density at radius 2 is 2.38 bits per heavy atom. The summed E-state index contributed by atoms with van der Waals surface area (Å²) < 4.78 is 0.986. The van der Waals surface area contributed by atoms with Gasteiger partial charge in [-0.05, 0) is 4.99 Å². The van der Waals surface area contributed by atoms with E-state index in [9.17, 15) is 0 Å². The normalized spacial score (nSPS) is 16.2. The van der Waals surface area contributed by atoms with Gasteiger partial charge in [-0.15, -0.1) is 0 Å². The van der Waals surface area contributed by atoms with Crippen LogP contribution >= 0.6 is 31.9 Å². The third-order valence-electron chi connectivity index (χ3n) is 0.849. The highest BCUT2D eigenvalue weighted by Crippen LogP contribution is 2.17. The van der Waals surface area contributed by atoms with E-state index in [1.54, 1.807) is 4.99 Å². The Morgan fingerprint density at radius 3 is 2.50 bits per heavy atom. The third-order valence-corrected chi connectivity index (χ3v) is 2.97. The van der Waals surface area contributed by atoms with E-state index in [0.717, 1.165) is 4.48 Å². The van der Waals surface area contributed by atoms with Crippen LogP contribution < -0.4 is 0 Å². The average molecular weight is 244 g/mol. The fraction of sp³-hybridized carbons (Fsp3) is 0.600. The lowest BCUT2D eigenvalue weighted by Crippen LogP contribution is -1.98. The highest BCUT2D eigenvalue weighted by atomic mass is 79.9. The third kappa shape index (κ3) is 2.84. The number of aliphatic hydroxyl groups is 1. The zero-order valence-corrected chi connectivity index (χ0v) is 7.74. The number of aliphatic hydroxyl groups excluding tert-OH is 1. The summed E-state index contributed by atoms with van der Waals surface area (Å²) in [5.41, 5.74) is 0. The van der Waals surface area contributed by atoms with Crippen molar-refractivity contribution >= 4 is 31.9 Å². The molecule has 0 bridgehead atoms. The molecule has 1 atom stereocenters. The number of hydrogen-bond acceptors (Lipinski definition) is 1. The number of hydrogen-bond donors (Lipinski definition) is 1. The van der Waals surface area contributed by atoms with Crippen LogP contribution in [0.25, 0.3) is 0 Å². The molecule has 0 rings (SSSR count). The lowest BCUT2D eigenvalue weighted by atomic mass is 10.2. The largest absolute Gasteiger partial charge is 0.396 e. The first-order valence-electron chi connectivity index (χ1n) is 2.29. The Kier molecular flexibility index (Phi) is 4.90. The predicted molar refractivity (Wildman–Crippen MR) is 42.2 cm³/mol. The average Bonchev–Trinajstić information content (AvgIpc) is 1.84. The fourth-order valence-corrected chi connectivity index (χ4v) is 0.791. The lowest BCUT2D eigenvalue weighted by molar-refractivity contribution is 0.261. The second-order valence-electron chi connectivity index (χ2n) is 1.58. The molecule has 0 heterocycles.